The van der Waals surface area contributed by atoms with Crippen molar-refractivity contribution in [3.63, 3.8) is 0 Å². The van der Waals surface area contributed by atoms with Gasteiger partial charge in [0.2, 0.25) is 0 Å². The van der Waals surface area contributed by atoms with Gasteiger partial charge in [0, 0.05) is 37.0 Å². The van der Waals surface area contributed by atoms with E-state index in [0.29, 0.717) is 0 Å². The lowest BCUT2D eigenvalue weighted by molar-refractivity contribution is 0.666. The molecule has 0 unspecified atom stereocenters. The van der Waals surface area contributed by atoms with Gasteiger partial charge in [0.05, 0.1) is 28.1 Å². The number of furan rings is 1. The average Bonchev–Trinajstić information content (AvgIpc) is 3.76. The van der Waals surface area contributed by atoms with E-state index in [2.05, 4.69) is 179 Å². The van der Waals surface area contributed by atoms with Crippen molar-refractivity contribution in [3.05, 3.63) is 182 Å². The first-order chi connectivity index (χ1) is 25.8. The minimum Gasteiger partial charge on any atom is -0.454 e. The SMILES string of the molecule is c1ccc(N2c3ccccc3Sc3cc(-c4ccc(-c5ccc6c(c5)c5ccccc5n6-c5cccc6c5oc5ccccc56)cc4)ccc32)cc1. The first-order valence-corrected chi connectivity index (χ1v) is 18.4. The normalized spacial score (nSPS) is 12.5. The van der Waals surface area contributed by atoms with Crippen molar-refractivity contribution in [1.29, 1.82) is 0 Å². The summed E-state index contributed by atoms with van der Waals surface area (Å²) in [6.07, 6.45) is 0. The summed E-state index contributed by atoms with van der Waals surface area (Å²) in [6, 6.07) is 65.5. The van der Waals surface area contributed by atoms with Gasteiger partial charge in [0.1, 0.15) is 5.58 Å². The van der Waals surface area contributed by atoms with Crippen molar-refractivity contribution in [3.8, 4) is 27.9 Å². The number of anilines is 3. The molecule has 52 heavy (non-hydrogen) atoms. The molecular weight excluding hydrogens is 653 g/mol. The molecule has 11 rings (SSSR count). The minimum absolute atomic E-state index is 0.906. The van der Waals surface area contributed by atoms with E-state index >= 15 is 0 Å². The topological polar surface area (TPSA) is 21.3 Å². The fourth-order valence-electron chi connectivity index (χ4n) is 7.97. The number of rotatable bonds is 4. The van der Waals surface area contributed by atoms with E-state index in [-0.39, 0.29) is 0 Å². The van der Waals surface area contributed by atoms with Gasteiger partial charge in [-0.3, -0.25) is 0 Å². The second-order valence-corrected chi connectivity index (χ2v) is 14.4. The number of nitrogens with zero attached hydrogens (tertiary/aromatic N) is 2. The van der Waals surface area contributed by atoms with Crippen molar-refractivity contribution >= 4 is 72.6 Å². The van der Waals surface area contributed by atoms with E-state index in [1.165, 1.54) is 59.9 Å². The zero-order chi connectivity index (χ0) is 34.2. The second kappa shape index (κ2) is 11.5. The smallest absolute Gasteiger partial charge is 0.159 e. The van der Waals surface area contributed by atoms with Gasteiger partial charge >= 0.3 is 0 Å². The Hall–Kier alpha value is -6.49. The maximum Gasteiger partial charge on any atom is 0.159 e. The Morgan fingerprint density at radius 2 is 1.00 bits per heavy atom. The van der Waals surface area contributed by atoms with Crippen LogP contribution in [0.3, 0.4) is 0 Å². The summed E-state index contributed by atoms with van der Waals surface area (Å²) in [5.74, 6) is 0. The molecule has 0 saturated carbocycles. The third kappa shape index (κ3) is 4.48. The van der Waals surface area contributed by atoms with Crippen LogP contribution in [0.5, 0.6) is 0 Å². The molecule has 8 aromatic carbocycles. The number of para-hydroxylation sites is 5. The molecule has 3 heterocycles. The number of fused-ring (bicyclic) bond motifs is 8. The van der Waals surface area contributed by atoms with Gasteiger partial charge in [-0.2, -0.15) is 0 Å². The molecule has 0 radical (unpaired) electrons. The van der Waals surface area contributed by atoms with Crippen LogP contribution in [0.4, 0.5) is 17.1 Å². The monoisotopic (exact) mass is 682 g/mol. The molecule has 0 N–H and O–H groups in total. The first-order valence-electron chi connectivity index (χ1n) is 17.6. The van der Waals surface area contributed by atoms with Crippen molar-refractivity contribution in [2.45, 2.75) is 9.79 Å². The lowest BCUT2D eigenvalue weighted by Gasteiger charge is -2.33. The van der Waals surface area contributed by atoms with Gasteiger partial charge in [0.15, 0.2) is 5.58 Å². The highest BCUT2D eigenvalue weighted by Crippen LogP contribution is 2.52. The highest BCUT2D eigenvalue weighted by Gasteiger charge is 2.25. The largest absolute Gasteiger partial charge is 0.454 e. The fraction of sp³-hybridized carbons (Fsp3) is 0. The molecule has 0 saturated heterocycles. The Labute approximate surface area is 305 Å². The number of hydrogen-bond acceptors (Lipinski definition) is 3. The van der Waals surface area contributed by atoms with E-state index in [1.807, 2.05) is 23.9 Å². The third-order valence-corrected chi connectivity index (χ3v) is 11.5. The zero-order valence-electron chi connectivity index (χ0n) is 28.0. The Bertz CT molecular complexity index is 2990. The van der Waals surface area contributed by atoms with Crippen LogP contribution in [0, 0.1) is 0 Å². The lowest BCUT2D eigenvalue weighted by atomic mass is 9.98. The van der Waals surface area contributed by atoms with Gasteiger partial charge < -0.3 is 13.9 Å². The van der Waals surface area contributed by atoms with Gasteiger partial charge in [-0.1, -0.05) is 127 Å². The van der Waals surface area contributed by atoms with Crippen LogP contribution in [0.15, 0.2) is 196 Å². The molecule has 4 heteroatoms. The molecule has 1 aliphatic heterocycles. The predicted molar refractivity (Wildman–Crippen MR) is 218 cm³/mol. The van der Waals surface area contributed by atoms with Crippen LogP contribution < -0.4 is 4.90 Å². The summed E-state index contributed by atoms with van der Waals surface area (Å²) in [7, 11) is 0. The van der Waals surface area contributed by atoms with E-state index in [9.17, 15) is 0 Å². The molecule has 2 aromatic heterocycles. The first kappa shape index (κ1) is 29.3. The Balaban J connectivity index is 0.976. The Morgan fingerprint density at radius 3 is 1.87 bits per heavy atom. The van der Waals surface area contributed by atoms with Crippen molar-refractivity contribution in [2.75, 3.05) is 4.90 Å². The van der Waals surface area contributed by atoms with Gasteiger partial charge in [0.25, 0.3) is 0 Å². The number of benzene rings is 8. The van der Waals surface area contributed by atoms with Gasteiger partial charge in [-0.25, -0.2) is 0 Å². The van der Waals surface area contributed by atoms with Crippen LogP contribution in [0.1, 0.15) is 0 Å². The highest BCUT2D eigenvalue weighted by molar-refractivity contribution is 7.99. The highest BCUT2D eigenvalue weighted by atomic mass is 32.2. The zero-order valence-corrected chi connectivity index (χ0v) is 28.8. The molecular formula is C48H30N2OS. The molecule has 0 atom stereocenters. The standard InChI is InChI=1S/C48H30N2OS/c1-2-11-35(12-3-1)49-42-17-7-9-20-46(42)52-47-30-34(26-28-43(47)49)32-23-21-31(22-24-32)33-25-27-41-39(29-33)36-13-4-6-16-40(36)50(41)44-18-10-15-38-37-14-5-8-19-45(37)51-48(38)44/h1-30H. The summed E-state index contributed by atoms with van der Waals surface area (Å²) in [4.78, 5) is 4.89. The molecule has 0 amide bonds. The summed E-state index contributed by atoms with van der Waals surface area (Å²) in [5.41, 5.74) is 13.6. The van der Waals surface area contributed by atoms with E-state index in [4.69, 9.17) is 4.42 Å². The second-order valence-electron chi connectivity index (χ2n) is 13.3. The average molecular weight is 683 g/mol. The number of aromatic nitrogens is 1. The quantitative estimate of drug-likeness (QED) is 0.184. The Morgan fingerprint density at radius 1 is 0.385 bits per heavy atom. The maximum absolute atomic E-state index is 6.49. The molecule has 10 aromatic rings. The molecule has 0 fully saturated rings. The van der Waals surface area contributed by atoms with Gasteiger partial charge in [-0.15, -0.1) is 0 Å². The minimum atomic E-state index is 0.906. The molecule has 1 aliphatic rings. The van der Waals surface area contributed by atoms with E-state index in [0.717, 1.165) is 38.7 Å². The summed E-state index contributed by atoms with van der Waals surface area (Å²) in [5, 5.41) is 4.72. The molecule has 3 nitrogen and oxygen atoms in total. The Kier molecular flexibility index (Phi) is 6.48. The van der Waals surface area contributed by atoms with Crippen molar-refractivity contribution in [1.82, 2.24) is 4.57 Å². The van der Waals surface area contributed by atoms with Crippen LogP contribution >= 0.6 is 11.8 Å². The van der Waals surface area contributed by atoms with Gasteiger partial charge in [-0.05, 0) is 89.0 Å². The summed E-state index contributed by atoms with van der Waals surface area (Å²) < 4.78 is 8.85. The molecule has 0 aliphatic carbocycles. The van der Waals surface area contributed by atoms with Crippen LogP contribution in [0.2, 0.25) is 0 Å². The predicted octanol–water partition coefficient (Wildman–Crippen LogP) is 14.0. The number of hydrogen-bond donors (Lipinski definition) is 0. The maximum atomic E-state index is 6.49. The lowest BCUT2D eigenvalue weighted by Crippen LogP contribution is -2.14. The third-order valence-electron chi connectivity index (χ3n) is 10.4. The fourth-order valence-corrected chi connectivity index (χ4v) is 9.06. The molecule has 0 bridgehead atoms. The van der Waals surface area contributed by atoms with E-state index in [1.54, 1.807) is 0 Å². The van der Waals surface area contributed by atoms with Crippen LogP contribution in [-0.4, -0.2) is 4.57 Å². The van der Waals surface area contributed by atoms with Crippen LogP contribution in [0.25, 0.3) is 71.7 Å². The van der Waals surface area contributed by atoms with E-state index < -0.39 is 0 Å². The summed E-state index contributed by atoms with van der Waals surface area (Å²) >= 11 is 1.84. The van der Waals surface area contributed by atoms with Crippen LogP contribution in [-0.2, 0) is 0 Å². The molecule has 0 spiro atoms. The summed E-state index contributed by atoms with van der Waals surface area (Å²) in [6.45, 7) is 0. The van der Waals surface area contributed by atoms with Crippen molar-refractivity contribution < 1.29 is 4.42 Å². The molecule has 244 valence electrons. The van der Waals surface area contributed by atoms with Crippen molar-refractivity contribution in [2.24, 2.45) is 0 Å².